The van der Waals surface area contributed by atoms with Gasteiger partial charge in [-0.25, -0.2) is 14.2 Å². The lowest BCUT2D eigenvalue weighted by Crippen LogP contribution is -2.51. The van der Waals surface area contributed by atoms with Gasteiger partial charge in [-0.1, -0.05) is 18.2 Å². The minimum atomic E-state index is -1.36. The molecule has 8 N–H and O–H groups in total. The number of aromatic nitrogens is 2. The van der Waals surface area contributed by atoms with E-state index in [0.29, 0.717) is 79.1 Å². The number of urea groups is 1. The van der Waals surface area contributed by atoms with Crippen LogP contribution in [0.4, 0.5) is 14.9 Å². The molecule has 0 spiro atoms. The number of amides is 3. The van der Waals surface area contributed by atoms with E-state index >= 15 is 4.39 Å². The number of rotatable bonds is 14. The molecule has 9 rings (SSSR count). The van der Waals surface area contributed by atoms with Crippen molar-refractivity contribution in [2.24, 2.45) is 17.2 Å². The molecule has 66 heavy (non-hydrogen) atoms. The first kappa shape index (κ1) is 45.1. The standard InChI is InChI=1S/C51H65FN10O4/c1-56-50(66)61(20-5-25-63)38-27-42-43(34-11-12-34)31-62(48(42)57-29-38)37-15-21-58(22-16-37)32-51(52)17-23-59(24-18-51)49(65)35-13-14-39(41(26-35)33-9-10-33)36-6-4-19-60(30-36)45(47(54)55)28-44(53)40-7-2-3-8-46(40)64/h2-3,7-8,13-14,25-29,31,33-34,36-37,64H,4-6,9-12,15-24,30,32,53-55H2,1H3,(H,56,66)/b44-28-. The number of fused-ring (bicyclic) bond motifs is 1. The van der Waals surface area contributed by atoms with Gasteiger partial charge in [-0.15, -0.1) is 0 Å². The zero-order valence-electron chi connectivity index (χ0n) is 38.1. The predicted molar refractivity (Wildman–Crippen MR) is 256 cm³/mol. The summed E-state index contributed by atoms with van der Waals surface area (Å²) in [6.07, 6.45) is 15.6. The largest absolute Gasteiger partial charge is 0.507 e. The number of para-hydroxylation sites is 1. The number of likely N-dealkylation sites (tertiary alicyclic amines) is 3. The number of phenols is 1. The first-order valence-electron chi connectivity index (χ1n) is 24.0. The van der Waals surface area contributed by atoms with Crippen LogP contribution in [-0.2, 0) is 4.79 Å². The molecule has 5 aliphatic rings. The number of nitrogens with zero attached hydrogens (tertiary/aromatic N) is 6. The Kier molecular flexibility index (Phi) is 13.0. The van der Waals surface area contributed by atoms with E-state index in [0.717, 1.165) is 88.3 Å². The molecule has 1 atom stereocenters. The lowest BCUT2D eigenvalue weighted by Gasteiger charge is -2.41. The van der Waals surface area contributed by atoms with Crippen molar-refractivity contribution in [2.45, 2.75) is 100 Å². The van der Waals surface area contributed by atoms with Gasteiger partial charge in [0.2, 0.25) is 0 Å². The monoisotopic (exact) mass is 901 g/mol. The highest BCUT2D eigenvalue weighted by Crippen LogP contribution is 2.47. The Balaban J connectivity index is 0.812. The van der Waals surface area contributed by atoms with Crippen molar-refractivity contribution in [2.75, 3.05) is 64.3 Å². The summed E-state index contributed by atoms with van der Waals surface area (Å²) in [6, 6.07) is 15.1. The van der Waals surface area contributed by atoms with Gasteiger partial charge in [0.1, 0.15) is 29.2 Å². The summed E-state index contributed by atoms with van der Waals surface area (Å²) in [5, 5.41) is 14.1. The average Bonchev–Trinajstić information content (AvgIpc) is 4.29. The zero-order valence-corrected chi connectivity index (χ0v) is 38.1. The molecule has 4 aromatic rings. The molecule has 1 unspecified atom stereocenters. The summed E-state index contributed by atoms with van der Waals surface area (Å²) >= 11 is 0. The van der Waals surface area contributed by atoms with E-state index in [4.69, 9.17) is 22.2 Å². The number of anilines is 1. The van der Waals surface area contributed by atoms with Gasteiger partial charge in [0, 0.05) is 119 Å². The highest BCUT2D eigenvalue weighted by molar-refractivity contribution is 5.95. The van der Waals surface area contributed by atoms with Crippen LogP contribution in [0.3, 0.4) is 0 Å². The molecule has 0 radical (unpaired) electrons. The molecule has 2 aromatic carbocycles. The number of hydrogen-bond donors (Lipinski definition) is 5. The van der Waals surface area contributed by atoms with Gasteiger partial charge in [-0.3, -0.25) is 9.69 Å². The summed E-state index contributed by atoms with van der Waals surface area (Å²) in [6.45, 7) is 4.44. The number of allylic oxidation sites excluding steroid dienone is 1. The van der Waals surface area contributed by atoms with Crippen molar-refractivity contribution in [3.05, 3.63) is 106 Å². The molecule has 0 bridgehead atoms. The second-order valence-electron chi connectivity index (χ2n) is 19.3. The third-order valence-corrected chi connectivity index (χ3v) is 14.7. The Morgan fingerprint density at radius 3 is 2.30 bits per heavy atom. The second-order valence-corrected chi connectivity index (χ2v) is 19.3. The number of alkyl halides is 1. The van der Waals surface area contributed by atoms with Crippen molar-refractivity contribution in [3.8, 4) is 5.75 Å². The highest BCUT2D eigenvalue weighted by atomic mass is 19.1. The van der Waals surface area contributed by atoms with E-state index in [1.54, 1.807) is 42.4 Å². The van der Waals surface area contributed by atoms with Crippen molar-refractivity contribution >= 4 is 40.6 Å². The van der Waals surface area contributed by atoms with E-state index in [2.05, 4.69) is 38.0 Å². The van der Waals surface area contributed by atoms with Crippen LogP contribution in [0.2, 0.25) is 0 Å². The number of halogens is 1. The molecular formula is C51H65FN10O4. The van der Waals surface area contributed by atoms with Gasteiger partial charge in [0.05, 0.1) is 17.6 Å². The topological polar surface area (TPSA) is 192 Å². The number of nitrogens with one attached hydrogen (secondary N) is 1. The highest BCUT2D eigenvalue weighted by Gasteiger charge is 2.40. The Hall–Kier alpha value is -6.09. The molecule has 2 aromatic heterocycles. The summed E-state index contributed by atoms with van der Waals surface area (Å²) in [7, 11) is 1.58. The molecular weight excluding hydrogens is 836 g/mol. The number of aromatic hydroxyl groups is 1. The molecule has 3 amide bonds. The van der Waals surface area contributed by atoms with Gasteiger partial charge in [-0.2, -0.15) is 0 Å². The third kappa shape index (κ3) is 9.58. The quantitative estimate of drug-likeness (QED) is 0.0666. The summed E-state index contributed by atoms with van der Waals surface area (Å²) in [5.41, 5.74) is 25.1. The van der Waals surface area contributed by atoms with Crippen LogP contribution in [0.25, 0.3) is 16.7 Å². The van der Waals surface area contributed by atoms with E-state index in [9.17, 15) is 19.5 Å². The molecule has 15 heteroatoms. The predicted octanol–water partition coefficient (Wildman–Crippen LogP) is 6.78. The SMILES string of the molecule is CNC(=O)N(CCC=O)c1cnc2c(c1)c(C1CC1)cn2C1CCN(CC2(F)CCN(C(=O)c3ccc(C4CCCN(C(/C=C(\N)c5ccccc5O)=C(N)N)C4)c(C4CC4)c3)CC2)CC1. The molecule has 3 saturated heterocycles. The van der Waals surface area contributed by atoms with Gasteiger partial charge >= 0.3 is 6.03 Å². The van der Waals surface area contributed by atoms with Crippen molar-refractivity contribution in [3.63, 3.8) is 0 Å². The normalized spacial score (nSPS) is 20.6. The van der Waals surface area contributed by atoms with Gasteiger partial charge in [0.25, 0.3) is 5.91 Å². The molecule has 5 heterocycles. The van der Waals surface area contributed by atoms with Crippen molar-refractivity contribution in [1.29, 1.82) is 0 Å². The maximum Gasteiger partial charge on any atom is 0.321 e. The van der Waals surface area contributed by atoms with E-state index in [1.807, 2.05) is 23.1 Å². The maximum absolute atomic E-state index is 16.6. The first-order chi connectivity index (χ1) is 31.9. The Labute approximate surface area is 386 Å². The maximum atomic E-state index is 16.6. The Morgan fingerprint density at radius 1 is 0.894 bits per heavy atom. The fourth-order valence-electron chi connectivity index (χ4n) is 10.7. The van der Waals surface area contributed by atoms with Crippen LogP contribution in [0.15, 0.2) is 78.5 Å². The number of carbonyl (C=O) groups is 3. The van der Waals surface area contributed by atoms with Crippen LogP contribution >= 0.6 is 0 Å². The van der Waals surface area contributed by atoms with Crippen LogP contribution < -0.4 is 27.4 Å². The van der Waals surface area contributed by atoms with Crippen LogP contribution in [0.1, 0.15) is 127 Å². The van der Waals surface area contributed by atoms with Gasteiger partial charge < -0.3 is 51.7 Å². The number of carbonyl (C=O) groups excluding carboxylic acids is 3. The summed E-state index contributed by atoms with van der Waals surface area (Å²) in [4.78, 5) is 50.7. The smallest absolute Gasteiger partial charge is 0.321 e. The number of pyridine rings is 1. The molecule has 14 nitrogen and oxygen atoms in total. The number of phenolic OH excluding ortho intramolecular Hbond substituents is 1. The van der Waals surface area contributed by atoms with Crippen LogP contribution in [-0.4, -0.2) is 113 Å². The van der Waals surface area contributed by atoms with Crippen molar-refractivity contribution in [1.82, 2.24) is 29.6 Å². The minimum Gasteiger partial charge on any atom is -0.507 e. The minimum absolute atomic E-state index is 0.0324. The molecule has 350 valence electrons. The van der Waals surface area contributed by atoms with Gasteiger partial charge in [-0.05, 0) is 116 Å². The second kappa shape index (κ2) is 19.0. The third-order valence-electron chi connectivity index (χ3n) is 14.7. The molecule has 3 aliphatic heterocycles. The van der Waals surface area contributed by atoms with Crippen LogP contribution in [0.5, 0.6) is 5.75 Å². The first-order valence-corrected chi connectivity index (χ1v) is 24.0. The lowest BCUT2D eigenvalue weighted by molar-refractivity contribution is -0.107. The number of piperidine rings is 3. The fraction of sp³-hybridized carbons (Fsp3) is 0.490. The van der Waals surface area contributed by atoms with E-state index in [1.165, 1.54) is 16.7 Å². The number of benzene rings is 2. The van der Waals surface area contributed by atoms with Crippen LogP contribution in [0, 0.1) is 0 Å². The Bertz CT molecular complexity index is 2510. The summed E-state index contributed by atoms with van der Waals surface area (Å²) in [5.74, 6) is 1.33. The average molecular weight is 901 g/mol. The number of aldehydes is 1. The van der Waals surface area contributed by atoms with Crippen molar-refractivity contribution < 1.29 is 23.9 Å². The zero-order chi connectivity index (χ0) is 46.1. The Morgan fingerprint density at radius 2 is 1.62 bits per heavy atom. The number of nitrogens with two attached hydrogens (primary N) is 3. The van der Waals surface area contributed by atoms with E-state index < -0.39 is 5.67 Å². The molecule has 2 aliphatic carbocycles. The lowest BCUT2D eigenvalue weighted by atomic mass is 9.84. The molecule has 2 saturated carbocycles. The molecule has 5 fully saturated rings. The number of hydrogen-bond acceptors (Lipinski definition) is 10. The van der Waals surface area contributed by atoms with Gasteiger partial charge in [0.15, 0.2) is 0 Å². The fourth-order valence-corrected chi connectivity index (χ4v) is 10.7. The van der Waals surface area contributed by atoms with E-state index in [-0.39, 0.29) is 48.4 Å². The summed E-state index contributed by atoms with van der Waals surface area (Å²) < 4.78 is 19.0.